The SMILES string of the molecule is CCOc1ccccc1CNC(=O)[C@@H](N)C(C)(C)C.Cl. The normalized spacial score (nSPS) is 12.2. The molecule has 0 heterocycles. The molecule has 0 radical (unpaired) electrons. The van der Waals surface area contributed by atoms with E-state index in [4.69, 9.17) is 10.5 Å². The summed E-state index contributed by atoms with van der Waals surface area (Å²) in [4.78, 5) is 12.0. The lowest BCUT2D eigenvalue weighted by Gasteiger charge is -2.26. The highest BCUT2D eigenvalue weighted by molar-refractivity contribution is 5.85. The first-order valence-electron chi connectivity index (χ1n) is 6.60. The van der Waals surface area contributed by atoms with Crippen LogP contribution in [-0.2, 0) is 11.3 Å². The minimum atomic E-state index is -0.522. The molecule has 0 bridgehead atoms. The molecule has 0 saturated carbocycles. The van der Waals surface area contributed by atoms with Crippen molar-refractivity contribution in [1.82, 2.24) is 5.32 Å². The van der Waals surface area contributed by atoms with Crippen LogP contribution in [0.5, 0.6) is 5.75 Å². The van der Waals surface area contributed by atoms with Crippen molar-refractivity contribution in [3.05, 3.63) is 29.8 Å². The number of hydrogen-bond donors (Lipinski definition) is 2. The smallest absolute Gasteiger partial charge is 0.237 e. The summed E-state index contributed by atoms with van der Waals surface area (Å²) < 4.78 is 5.51. The average Bonchev–Trinajstić information content (AvgIpc) is 2.35. The zero-order valence-electron chi connectivity index (χ0n) is 12.6. The van der Waals surface area contributed by atoms with Crippen LogP contribution < -0.4 is 15.8 Å². The Bertz CT molecular complexity index is 430. The Hall–Kier alpha value is -1.26. The zero-order chi connectivity index (χ0) is 14.5. The molecule has 0 aliphatic heterocycles. The van der Waals surface area contributed by atoms with Gasteiger partial charge in [-0.25, -0.2) is 0 Å². The predicted molar refractivity (Wildman–Crippen MR) is 84.1 cm³/mol. The van der Waals surface area contributed by atoms with Crippen LogP contribution >= 0.6 is 12.4 Å². The monoisotopic (exact) mass is 300 g/mol. The topological polar surface area (TPSA) is 64.3 Å². The van der Waals surface area contributed by atoms with E-state index in [1.165, 1.54) is 0 Å². The van der Waals surface area contributed by atoms with Crippen LogP contribution in [0, 0.1) is 5.41 Å². The standard InChI is InChI=1S/C15H24N2O2.ClH/c1-5-19-12-9-7-6-8-11(12)10-17-14(18)13(16)15(2,3)4;/h6-9,13H,5,10,16H2,1-4H3,(H,17,18);1H/t13-;/m1./s1. The van der Waals surface area contributed by atoms with E-state index in [1.807, 2.05) is 52.0 Å². The van der Waals surface area contributed by atoms with Gasteiger partial charge >= 0.3 is 0 Å². The fourth-order valence-corrected chi connectivity index (χ4v) is 1.63. The second-order valence-corrected chi connectivity index (χ2v) is 5.60. The van der Waals surface area contributed by atoms with Crippen LogP contribution in [0.3, 0.4) is 0 Å². The Balaban J connectivity index is 0.00000361. The maximum absolute atomic E-state index is 12.0. The molecule has 4 nitrogen and oxygen atoms in total. The van der Waals surface area contributed by atoms with E-state index in [1.54, 1.807) is 0 Å². The van der Waals surface area contributed by atoms with Crippen molar-refractivity contribution in [1.29, 1.82) is 0 Å². The van der Waals surface area contributed by atoms with E-state index in [0.29, 0.717) is 13.2 Å². The summed E-state index contributed by atoms with van der Waals surface area (Å²) in [6.45, 7) is 8.82. The van der Waals surface area contributed by atoms with Crippen molar-refractivity contribution in [2.45, 2.75) is 40.3 Å². The number of rotatable bonds is 5. The van der Waals surface area contributed by atoms with Gasteiger partial charge in [0.1, 0.15) is 5.75 Å². The quantitative estimate of drug-likeness (QED) is 0.878. The van der Waals surface area contributed by atoms with Gasteiger partial charge in [0.25, 0.3) is 0 Å². The largest absolute Gasteiger partial charge is 0.494 e. The van der Waals surface area contributed by atoms with Gasteiger partial charge in [-0.1, -0.05) is 39.0 Å². The third-order valence-corrected chi connectivity index (χ3v) is 2.94. The molecular formula is C15H25ClN2O2. The minimum absolute atomic E-state index is 0. The van der Waals surface area contributed by atoms with E-state index >= 15 is 0 Å². The van der Waals surface area contributed by atoms with Gasteiger partial charge < -0.3 is 15.8 Å². The molecule has 0 aliphatic rings. The molecule has 1 aromatic rings. The maximum Gasteiger partial charge on any atom is 0.237 e. The molecule has 0 aliphatic carbocycles. The van der Waals surface area contributed by atoms with E-state index in [2.05, 4.69) is 5.32 Å². The van der Waals surface area contributed by atoms with Crippen molar-refractivity contribution in [2.75, 3.05) is 6.61 Å². The van der Waals surface area contributed by atoms with Crippen LogP contribution in [0.15, 0.2) is 24.3 Å². The van der Waals surface area contributed by atoms with Crippen molar-refractivity contribution >= 4 is 18.3 Å². The molecule has 1 amide bonds. The number of carbonyl (C=O) groups is 1. The number of amides is 1. The summed E-state index contributed by atoms with van der Waals surface area (Å²) in [5, 5.41) is 2.86. The molecule has 0 unspecified atom stereocenters. The van der Waals surface area contributed by atoms with Gasteiger partial charge in [0, 0.05) is 12.1 Å². The van der Waals surface area contributed by atoms with Gasteiger partial charge in [-0.3, -0.25) is 4.79 Å². The van der Waals surface area contributed by atoms with Gasteiger partial charge in [-0.05, 0) is 18.4 Å². The minimum Gasteiger partial charge on any atom is -0.494 e. The van der Waals surface area contributed by atoms with Crippen LogP contribution in [0.25, 0.3) is 0 Å². The highest BCUT2D eigenvalue weighted by Gasteiger charge is 2.27. The lowest BCUT2D eigenvalue weighted by molar-refractivity contribution is -0.124. The van der Waals surface area contributed by atoms with Crippen molar-refractivity contribution in [3.63, 3.8) is 0 Å². The second-order valence-electron chi connectivity index (χ2n) is 5.60. The number of carbonyl (C=O) groups excluding carboxylic acids is 1. The van der Waals surface area contributed by atoms with Crippen LogP contribution in [0.2, 0.25) is 0 Å². The summed E-state index contributed by atoms with van der Waals surface area (Å²) in [6, 6.07) is 7.15. The first kappa shape index (κ1) is 18.7. The average molecular weight is 301 g/mol. The molecule has 20 heavy (non-hydrogen) atoms. The van der Waals surface area contributed by atoms with Gasteiger partial charge in [-0.15, -0.1) is 12.4 Å². The Labute approximate surface area is 127 Å². The number of hydrogen-bond acceptors (Lipinski definition) is 3. The van der Waals surface area contributed by atoms with Crippen LogP contribution in [0.4, 0.5) is 0 Å². The highest BCUT2D eigenvalue weighted by Crippen LogP contribution is 2.19. The number of benzene rings is 1. The molecule has 3 N–H and O–H groups in total. The third kappa shape index (κ3) is 5.39. The molecule has 1 rings (SSSR count). The molecule has 0 aromatic heterocycles. The predicted octanol–water partition coefficient (Wildman–Crippen LogP) is 2.50. The zero-order valence-corrected chi connectivity index (χ0v) is 13.4. The fourth-order valence-electron chi connectivity index (χ4n) is 1.63. The van der Waals surface area contributed by atoms with Crippen LogP contribution in [0.1, 0.15) is 33.3 Å². The number of halogens is 1. The Kier molecular flexibility index (Phi) is 7.61. The fraction of sp³-hybridized carbons (Fsp3) is 0.533. The lowest BCUT2D eigenvalue weighted by Crippen LogP contribution is -2.48. The Morgan fingerprint density at radius 2 is 1.95 bits per heavy atom. The van der Waals surface area contributed by atoms with Gasteiger partial charge in [0.15, 0.2) is 0 Å². The summed E-state index contributed by atoms with van der Waals surface area (Å²) >= 11 is 0. The molecule has 0 saturated heterocycles. The molecule has 1 aromatic carbocycles. The summed E-state index contributed by atoms with van der Waals surface area (Å²) in [6.07, 6.45) is 0. The van der Waals surface area contributed by atoms with Crippen molar-refractivity contribution in [3.8, 4) is 5.75 Å². The van der Waals surface area contributed by atoms with E-state index < -0.39 is 6.04 Å². The number of ether oxygens (including phenoxy) is 1. The van der Waals surface area contributed by atoms with E-state index in [9.17, 15) is 4.79 Å². The summed E-state index contributed by atoms with van der Waals surface area (Å²) in [5.41, 5.74) is 6.62. The summed E-state index contributed by atoms with van der Waals surface area (Å²) in [7, 11) is 0. The third-order valence-electron chi connectivity index (χ3n) is 2.94. The van der Waals surface area contributed by atoms with E-state index in [0.717, 1.165) is 11.3 Å². The second kappa shape index (κ2) is 8.12. The van der Waals surface area contributed by atoms with Gasteiger partial charge in [0.05, 0.1) is 12.6 Å². The number of nitrogens with two attached hydrogens (primary N) is 1. The molecule has 0 spiro atoms. The number of nitrogens with one attached hydrogen (secondary N) is 1. The molecule has 0 fully saturated rings. The molecule has 114 valence electrons. The van der Waals surface area contributed by atoms with Gasteiger partial charge in [0.2, 0.25) is 5.91 Å². The van der Waals surface area contributed by atoms with Gasteiger partial charge in [-0.2, -0.15) is 0 Å². The first-order chi connectivity index (χ1) is 8.86. The van der Waals surface area contributed by atoms with E-state index in [-0.39, 0.29) is 23.7 Å². The van der Waals surface area contributed by atoms with Crippen molar-refractivity contribution < 1.29 is 9.53 Å². The Morgan fingerprint density at radius 1 is 1.35 bits per heavy atom. The Morgan fingerprint density at radius 3 is 2.50 bits per heavy atom. The molecular weight excluding hydrogens is 276 g/mol. The summed E-state index contributed by atoms with van der Waals surface area (Å²) in [5.74, 6) is 0.661. The maximum atomic E-state index is 12.0. The van der Waals surface area contributed by atoms with Crippen LogP contribution in [-0.4, -0.2) is 18.6 Å². The van der Waals surface area contributed by atoms with Crippen molar-refractivity contribution in [2.24, 2.45) is 11.1 Å². The highest BCUT2D eigenvalue weighted by atomic mass is 35.5. The molecule has 1 atom stereocenters. The first-order valence-corrected chi connectivity index (χ1v) is 6.60. The number of para-hydroxylation sites is 1. The lowest BCUT2D eigenvalue weighted by atomic mass is 9.87. The molecule has 5 heteroatoms.